The standard InChI is InChI=1S/C20H37N5O2/c1-5-21-19(22-13-9-17-24-18(16(3)4)25-27-17)23-15-20(10-7-8-11-20)12-14-26-6-2/h16H,5-15H2,1-4H3,(H2,21,22,23). The Morgan fingerprint density at radius 3 is 2.67 bits per heavy atom. The van der Waals surface area contributed by atoms with Gasteiger partial charge in [-0.3, -0.25) is 4.99 Å². The Kier molecular flexibility index (Phi) is 9.04. The summed E-state index contributed by atoms with van der Waals surface area (Å²) in [6, 6.07) is 0. The molecule has 0 unspecified atom stereocenters. The van der Waals surface area contributed by atoms with Gasteiger partial charge in [0.25, 0.3) is 0 Å². The van der Waals surface area contributed by atoms with E-state index in [0.717, 1.165) is 51.1 Å². The molecule has 0 radical (unpaired) electrons. The molecule has 0 aromatic carbocycles. The summed E-state index contributed by atoms with van der Waals surface area (Å²) in [4.78, 5) is 9.31. The first-order valence-corrected chi connectivity index (χ1v) is 10.5. The second-order valence-electron chi connectivity index (χ2n) is 7.73. The van der Waals surface area contributed by atoms with Gasteiger partial charge in [-0.25, -0.2) is 0 Å². The predicted octanol–water partition coefficient (Wildman–Crippen LogP) is 3.28. The van der Waals surface area contributed by atoms with Crippen molar-refractivity contribution >= 4 is 5.96 Å². The van der Waals surface area contributed by atoms with Crippen LogP contribution in [-0.2, 0) is 11.2 Å². The predicted molar refractivity (Wildman–Crippen MR) is 108 cm³/mol. The molecule has 1 heterocycles. The number of hydrogen-bond donors (Lipinski definition) is 2. The third-order valence-corrected chi connectivity index (χ3v) is 5.19. The van der Waals surface area contributed by atoms with E-state index < -0.39 is 0 Å². The van der Waals surface area contributed by atoms with Crippen LogP contribution in [0.4, 0.5) is 0 Å². The molecule has 0 atom stereocenters. The Hall–Kier alpha value is -1.63. The first-order chi connectivity index (χ1) is 13.1. The van der Waals surface area contributed by atoms with Crippen LogP contribution in [0.2, 0.25) is 0 Å². The number of nitrogens with one attached hydrogen (secondary N) is 2. The lowest BCUT2D eigenvalue weighted by molar-refractivity contribution is 0.107. The minimum atomic E-state index is 0.286. The Morgan fingerprint density at radius 1 is 1.26 bits per heavy atom. The summed E-state index contributed by atoms with van der Waals surface area (Å²) in [5.74, 6) is 2.59. The third-order valence-electron chi connectivity index (χ3n) is 5.19. The molecule has 1 saturated carbocycles. The van der Waals surface area contributed by atoms with Crippen molar-refractivity contribution < 1.29 is 9.26 Å². The summed E-state index contributed by atoms with van der Waals surface area (Å²) < 4.78 is 10.9. The largest absolute Gasteiger partial charge is 0.382 e. The third kappa shape index (κ3) is 7.13. The SMILES string of the molecule is CCNC(=NCC1(CCOCC)CCCC1)NCCc1nc(C(C)C)no1. The molecule has 7 heteroatoms. The number of hydrogen-bond acceptors (Lipinski definition) is 5. The zero-order chi connectivity index (χ0) is 19.5. The van der Waals surface area contributed by atoms with Crippen LogP contribution in [0, 0.1) is 5.41 Å². The molecule has 1 aliphatic rings. The smallest absolute Gasteiger partial charge is 0.228 e. The molecule has 154 valence electrons. The van der Waals surface area contributed by atoms with Gasteiger partial charge in [0, 0.05) is 45.2 Å². The van der Waals surface area contributed by atoms with Crippen molar-refractivity contribution in [2.24, 2.45) is 10.4 Å². The molecule has 0 spiro atoms. The molecule has 2 N–H and O–H groups in total. The van der Waals surface area contributed by atoms with Gasteiger partial charge in [-0.2, -0.15) is 4.98 Å². The number of rotatable bonds is 11. The number of ether oxygens (including phenoxy) is 1. The summed E-state index contributed by atoms with van der Waals surface area (Å²) in [5.41, 5.74) is 0.302. The Balaban J connectivity index is 1.86. The van der Waals surface area contributed by atoms with E-state index in [1.54, 1.807) is 0 Å². The van der Waals surface area contributed by atoms with Crippen molar-refractivity contribution in [2.45, 2.75) is 72.1 Å². The van der Waals surface area contributed by atoms with Gasteiger partial charge >= 0.3 is 0 Å². The van der Waals surface area contributed by atoms with E-state index in [-0.39, 0.29) is 5.92 Å². The topological polar surface area (TPSA) is 84.6 Å². The lowest BCUT2D eigenvalue weighted by atomic mass is 9.83. The van der Waals surface area contributed by atoms with E-state index in [1.807, 2.05) is 0 Å². The van der Waals surface area contributed by atoms with E-state index in [0.29, 0.717) is 17.7 Å². The summed E-state index contributed by atoms with van der Waals surface area (Å²) in [7, 11) is 0. The first kappa shape index (κ1) is 21.7. The lowest BCUT2D eigenvalue weighted by Gasteiger charge is -2.27. The maximum Gasteiger partial charge on any atom is 0.228 e. The fraction of sp³-hybridized carbons (Fsp3) is 0.850. The van der Waals surface area contributed by atoms with Gasteiger partial charge in [-0.15, -0.1) is 0 Å². The van der Waals surface area contributed by atoms with Crippen molar-refractivity contribution in [3.63, 3.8) is 0 Å². The summed E-state index contributed by atoms with van der Waals surface area (Å²) in [6.45, 7) is 12.3. The van der Waals surface area contributed by atoms with Crippen LogP contribution in [0.25, 0.3) is 0 Å². The molecule has 0 bridgehead atoms. The van der Waals surface area contributed by atoms with Crippen LogP contribution >= 0.6 is 0 Å². The summed E-state index contributed by atoms with van der Waals surface area (Å²) >= 11 is 0. The molecule has 1 aromatic heterocycles. The molecule has 0 saturated heterocycles. The van der Waals surface area contributed by atoms with Crippen molar-refractivity contribution in [1.29, 1.82) is 0 Å². The maximum atomic E-state index is 5.60. The van der Waals surface area contributed by atoms with Crippen molar-refractivity contribution in [1.82, 2.24) is 20.8 Å². The fourth-order valence-electron chi connectivity index (χ4n) is 3.53. The molecular weight excluding hydrogens is 342 g/mol. The van der Waals surface area contributed by atoms with E-state index in [4.69, 9.17) is 14.3 Å². The monoisotopic (exact) mass is 379 g/mol. The van der Waals surface area contributed by atoms with E-state index in [2.05, 4.69) is 48.5 Å². The average Bonchev–Trinajstić information content (AvgIpc) is 3.30. The van der Waals surface area contributed by atoms with Crippen LogP contribution in [0.5, 0.6) is 0 Å². The molecule has 1 aromatic rings. The molecule has 1 aliphatic carbocycles. The highest BCUT2D eigenvalue weighted by Gasteiger charge is 2.33. The quantitative estimate of drug-likeness (QED) is 0.349. The average molecular weight is 380 g/mol. The normalized spacial score (nSPS) is 16.9. The van der Waals surface area contributed by atoms with Gasteiger partial charge < -0.3 is 19.9 Å². The van der Waals surface area contributed by atoms with Gasteiger partial charge in [0.1, 0.15) is 0 Å². The van der Waals surface area contributed by atoms with E-state index in [9.17, 15) is 0 Å². The molecule has 7 nitrogen and oxygen atoms in total. The van der Waals surface area contributed by atoms with Gasteiger partial charge in [0.2, 0.25) is 5.89 Å². The highest BCUT2D eigenvalue weighted by molar-refractivity contribution is 5.79. The van der Waals surface area contributed by atoms with Gasteiger partial charge in [0.05, 0.1) is 0 Å². The Labute approximate surface area is 163 Å². The maximum absolute atomic E-state index is 5.60. The van der Waals surface area contributed by atoms with Crippen molar-refractivity contribution in [3.8, 4) is 0 Å². The minimum Gasteiger partial charge on any atom is -0.382 e. The van der Waals surface area contributed by atoms with Crippen molar-refractivity contribution in [3.05, 3.63) is 11.7 Å². The van der Waals surface area contributed by atoms with Crippen molar-refractivity contribution in [2.75, 3.05) is 32.8 Å². The molecule has 2 rings (SSSR count). The van der Waals surface area contributed by atoms with E-state index in [1.165, 1.54) is 25.7 Å². The van der Waals surface area contributed by atoms with Crippen LogP contribution in [0.3, 0.4) is 0 Å². The Bertz CT molecular complexity index is 564. The van der Waals surface area contributed by atoms with Crippen LogP contribution in [0.15, 0.2) is 9.52 Å². The summed E-state index contributed by atoms with van der Waals surface area (Å²) in [6.07, 6.45) is 6.91. The minimum absolute atomic E-state index is 0.286. The van der Waals surface area contributed by atoms with Crippen LogP contribution < -0.4 is 10.6 Å². The zero-order valence-corrected chi connectivity index (χ0v) is 17.5. The number of aromatic nitrogens is 2. The first-order valence-electron chi connectivity index (χ1n) is 10.5. The molecular formula is C20H37N5O2. The molecule has 27 heavy (non-hydrogen) atoms. The highest BCUT2D eigenvalue weighted by atomic mass is 16.5. The lowest BCUT2D eigenvalue weighted by Crippen LogP contribution is -2.39. The second kappa shape index (κ2) is 11.3. The second-order valence-corrected chi connectivity index (χ2v) is 7.73. The zero-order valence-electron chi connectivity index (χ0n) is 17.5. The number of guanidine groups is 1. The molecule has 0 amide bonds. The summed E-state index contributed by atoms with van der Waals surface area (Å²) in [5, 5.41) is 10.7. The van der Waals surface area contributed by atoms with Gasteiger partial charge in [0.15, 0.2) is 11.8 Å². The van der Waals surface area contributed by atoms with Crippen LogP contribution in [-0.4, -0.2) is 48.9 Å². The molecule has 1 fully saturated rings. The van der Waals surface area contributed by atoms with Crippen LogP contribution in [0.1, 0.15) is 77.4 Å². The molecule has 0 aliphatic heterocycles. The van der Waals surface area contributed by atoms with E-state index >= 15 is 0 Å². The fourth-order valence-corrected chi connectivity index (χ4v) is 3.53. The van der Waals surface area contributed by atoms with Gasteiger partial charge in [-0.05, 0) is 38.5 Å². The van der Waals surface area contributed by atoms with Gasteiger partial charge in [-0.1, -0.05) is 31.8 Å². The highest BCUT2D eigenvalue weighted by Crippen LogP contribution is 2.41. The number of aliphatic imine (C=N–C) groups is 1. The Morgan fingerprint density at radius 2 is 2.04 bits per heavy atom. The number of nitrogens with zero attached hydrogens (tertiary/aromatic N) is 3.